The Morgan fingerprint density at radius 1 is 1.57 bits per heavy atom. The Balaban J connectivity index is 2.45. The minimum Gasteiger partial charge on any atom is -0.300 e. The highest BCUT2D eigenvalue weighted by Crippen LogP contribution is 2.05. The van der Waals surface area contributed by atoms with Crippen molar-refractivity contribution in [2.45, 2.75) is 20.3 Å². The number of carbonyl (C=O) groups excluding carboxylic acids is 1. The molecule has 0 unspecified atom stereocenters. The SMILES string of the molecule is CC(=O)Cc1cnc2cc(C)nn2c1. The number of hydrogen-bond acceptors (Lipinski definition) is 3. The van der Waals surface area contributed by atoms with Gasteiger partial charge in [0.05, 0.1) is 5.69 Å². The fraction of sp³-hybridized carbons (Fsp3) is 0.300. The van der Waals surface area contributed by atoms with Crippen molar-refractivity contribution < 1.29 is 4.79 Å². The van der Waals surface area contributed by atoms with Crippen LogP contribution in [0.25, 0.3) is 5.65 Å². The highest BCUT2D eigenvalue weighted by molar-refractivity contribution is 5.78. The molecule has 0 aromatic carbocycles. The summed E-state index contributed by atoms with van der Waals surface area (Å²) in [4.78, 5) is 15.1. The zero-order chi connectivity index (χ0) is 10.1. The average Bonchev–Trinajstić information content (AvgIpc) is 2.42. The standard InChI is InChI=1S/C10H11N3O/c1-7-3-10-11-5-9(4-8(2)14)6-13(10)12-7/h3,5-6H,4H2,1-2H3. The number of aromatic nitrogens is 3. The van der Waals surface area contributed by atoms with Crippen LogP contribution in [-0.2, 0) is 11.2 Å². The topological polar surface area (TPSA) is 47.3 Å². The summed E-state index contributed by atoms with van der Waals surface area (Å²) in [5.41, 5.74) is 2.64. The molecule has 0 N–H and O–H groups in total. The first kappa shape index (κ1) is 8.87. The van der Waals surface area contributed by atoms with Gasteiger partial charge in [-0.2, -0.15) is 5.10 Å². The van der Waals surface area contributed by atoms with Gasteiger partial charge in [-0.05, 0) is 19.4 Å². The van der Waals surface area contributed by atoms with E-state index in [2.05, 4.69) is 10.1 Å². The molecular weight excluding hydrogens is 178 g/mol. The monoisotopic (exact) mass is 189 g/mol. The van der Waals surface area contributed by atoms with Crippen LogP contribution >= 0.6 is 0 Å². The largest absolute Gasteiger partial charge is 0.300 e. The van der Waals surface area contributed by atoms with Gasteiger partial charge in [0.25, 0.3) is 0 Å². The summed E-state index contributed by atoms with van der Waals surface area (Å²) >= 11 is 0. The zero-order valence-corrected chi connectivity index (χ0v) is 8.19. The van der Waals surface area contributed by atoms with Crippen molar-refractivity contribution in [2.75, 3.05) is 0 Å². The summed E-state index contributed by atoms with van der Waals surface area (Å²) in [6.07, 6.45) is 3.98. The second kappa shape index (κ2) is 3.21. The molecule has 0 amide bonds. The van der Waals surface area contributed by atoms with Gasteiger partial charge in [-0.15, -0.1) is 0 Å². The predicted molar refractivity (Wildman–Crippen MR) is 52.1 cm³/mol. The van der Waals surface area contributed by atoms with Gasteiger partial charge in [-0.3, -0.25) is 4.79 Å². The highest BCUT2D eigenvalue weighted by atomic mass is 16.1. The summed E-state index contributed by atoms with van der Waals surface area (Å²) in [6, 6.07) is 1.90. The molecule has 0 saturated carbocycles. The van der Waals surface area contributed by atoms with E-state index >= 15 is 0 Å². The molecule has 2 aromatic rings. The average molecular weight is 189 g/mol. The van der Waals surface area contributed by atoms with E-state index < -0.39 is 0 Å². The minimum absolute atomic E-state index is 0.134. The van der Waals surface area contributed by atoms with E-state index in [4.69, 9.17) is 0 Å². The van der Waals surface area contributed by atoms with Crippen LogP contribution in [0.15, 0.2) is 18.5 Å². The van der Waals surface area contributed by atoms with Gasteiger partial charge in [0.1, 0.15) is 5.78 Å². The Bertz CT molecular complexity index is 487. The van der Waals surface area contributed by atoms with E-state index in [0.717, 1.165) is 16.9 Å². The van der Waals surface area contributed by atoms with Crippen LogP contribution < -0.4 is 0 Å². The van der Waals surface area contributed by atoms with Gasteiger partial charge in [0, 0.05) is 24.9 Å². The Morgan fingerprint density at radius 2 is 2.36 bits per heavy atom. The second-order valence-electron chi connectivity index (χ2n) is 3.43. The van der Waals surface area contributed by atoms with E-state index in [1.807, 2.05) is 19.2 Å². The summed E-state index contributed by atoms with van der Waals surface area (Å²) in [5, 5.41) is 4.22. The fourth-order valence-electron chi connectivity index (χ4n) is 1.41. The summed E-state index contributed by atoms with van der Waals surface area (Å²) in [5.74, 6) is 0.134. The first-order valence-corrected chi connectivity index (χ1v) is 4.45. The van der Waals surface area contributed by atoms with Gasteiger partial charge in [0.15, 0.2) is 5.65 Å². The molecule has 0 saturated heterocycles. The van der Waals surface area contributed by atoms with Crippen molar-refractivity contribution in [1.82, 2.24) is 14.6 Å². The van der Waals surface area contributed by atoms with E-state index in [1.54, 1.807) is 17.6 Å². The maximum absolute atomic E-state index is 10.9. The molecule has 2 heterocycles. The molecule has 0 aliphatic heterocycles. The molecule has 72 valence electrons. The van der Waals surface area contributed by atoms with Gasteiger partial charge in [-0.25, -0.2) is 9.50 Å². The number of rotatable bonds is 2. The van der Waals surface area contributed by atoms with Crippen LogP contribution in [0.4, 0.5) is 0 Å². The van der Waals surface area contributed by atoms with Crippen molar-refractivity contribution in [1.29, 1.82) is 0 Å². The molecule has 0 atom stereocenters. The number of carbonyl (C=O) groups is 1. The molecule has 4 nitrogen and oxygen atoms in total. The Morgan fingerprint density at radius 3 is 3.07 bits per heavy atom. The van der Waals surface area contributed by atoms with E-state index in [9.17, 15) is 4.79 Å². The van der Waals surface area contributed by atoms with Gasteiger partial charge >= 0.3 is 0 Å². The number of Topliss-reactive ketones (excluding diaryl/α,β-unsaturated/α-hetero) is 1. The number of aryl methyl sites for hydroxylation is 1. The third-order valence-electron chi connectivity index (χ3n) is 1.94. The molecule has 0 fully saturated rings. The lowest BCUT2D eigenvalue weighted by Gasteiger charge is -1.97. The van der Waals surface area contributed by atoms with Crippen LogP contribution in [0, 0.1) is 6.92 Å². The first-order valence-electron chi connectivity index (χ1n) is 4.45. The summed E-state index contributed by atoms with van der Waals surface area (Å²) in [6.45, 7) is 3.48. The minimum atomic E-state index is 0.134. The van der Waals surface area contributed by atoms with Crippen LogP contribution in [-0.4, -0.2) is 20.4 Å². The smallest absolute Gasteiger partial charge is 0.155 e. The van der Waals surface area contributed by atoms with Crippen molar-refractivity contribution in [3.8, 4) is 0 Å². The Hall–Kier alpha value is -1.71. The number of ketones is 1. The lowest BCUT2D eigenvalue weighted by molar-refractivity contribution is -0.116. The maximum atomic E-state index is 10.9. The lowest BCUT2D eigenvalue weighted by Crippen LogP contribution is -2.00. The van der Waals surface area contributed by atoms with Crippen molar-refractivity contribution in [2.24, 2.45) is 0 Å². The molecule has 14 heavy (non-hydrogen) atoms. The van der Waals surface area contributed by atoms with Crippen molar-refractivity contribution >= 4 is 11.4 Å². The quantitative estimate of drug-likeness (QED) is 0.712. The second-order valence-corrected chi connectivity index (χ2v) is 3.43. The molecule has 2 rings (SSSR count). The number of hydrogen-bond donors (Lipinski definition) is 0. The molecule has 0 spiro atoms. The van der Waals surface area contributed by atoms with Crippen LogP contribution in [0.5, 0.6) is 0 Å². The van der Waals surface area contributed by atoms with E-state index in [0.29, 0.717) is 6.42 Å². The Kier molecular flexibility index (Phi) is 2.04. The number of fused-ring (bicyclic) bond motifs is 1. The predicted octanol–water partition coefficient (Wildman–Crippen LogP) is 1.17. The number of nitrogens with zero attached hydrogens (tertiary/aromatic N) is 3. The summed E-state index contributed by atoms with van der Waals surface area (Å²) in [7, 11) is 0. The third-order valence-corrected chi connectivity index (χ3v) is 1.94. The van der Waals surface area contributed by atoms with Crippen LogP contribution in [0.1, 0.15) is 18.2 Å². The zero-order valence-electron chi connectivity index (χ0n) is 8.19. The van der Waals surface area contributed by atoms with Crippen molar-refractivity contribution in [3.05, 3.63) is 29.7 Å². The Labute approximate surface area is 81.6 Å². The molecule has 0 aliphatic rings. The van der Waals surface area contributed by atoms with E-state index in [1.165, 1.54) is 0 Å². The first-order chi connectivity index (χ1) is 6.65. The van der Waals surface area contributed by atoms with Gasteiger partial charge in [0.2, 0.25) is 0 Å². The molecule has 4 heteroatoms. The summed E-state index contributed by atoms with van der Waals surface area (Å²) < 4.78 is 1.70. The lowest BCUT2D eigenvalue weighted by atomic mass is 10.2. The normalized spacial score (nSPS) is 10.7. The van der Waals surface area contributed by atoms with E-state index in [-0.39, 0.29) is 5.78 Å². The van der Waals surface area contributed by atoms with Gasteiger partial charge in [-0.1, -0.05) is 0 Å². The maximum Gasteiger partial charge on any atom is 0.155 e. The van der Waals surface area contributed by atoms with Crippen LogP contribution in [0.3, 0.4) is 0 Å². The fourth-order valence-corrected chi connectivity index (χ4v) is 1.41. The highest BCUT2D eigenvalue weighted by Gasteiger charge is 2.02. The molecule has 0 radical (unpaired) electrons. The van der Waals surface area contributed by atoms with Crippen molar-refractivity contribution in [3.63, 3.8) is 0 Å². The van der Waals surface area contributed by atoms with Gasteiger partial charge < -0.3 is 0 Å². The third kappa shape index (κ3) is 1.64. The molecule has 0 aliphatic carbocycles. The molecule has 2 aromatic heterocycles. The van der Waals surface area contributed by atoms with Crippen LogP contribution in [0.2, 0.25) is 0 Å². The molecule has 0 bridgehead atoms. The molecular formula is C10H11N3O.